The van der Waals surface area contributed by atoms with Crippen molar-refractivity contribution < 1.29 is 22.7 Å². The number of carbonyl (C=O) groups excluding carboxylic acids is 1. The Labute approximate surface area is 107 Å². The first kappa shape index (κ1) is 14.6. The molecule has 1 rings (SSSR count). The molecule has 0 aliphatic heterocycles. The van der Waals surface area contributed by atoms with Gasteiger partial charge in [-0.3, -0.25) is 4.79 Å². The molecule has 0 saturated heterocycles. The second-order valence-electron chi connectivity index (χ2n) is 3.40. The predicted octanol–water partition coefficient (Wildman–Crippen LogP) is 3.28. The summed E-state index contributed by atoms with van der Waals surface area (Å²) in [7, 11) is 1.27. The zero-order valence-electron chi connectivity index (χ0n) is 9.47. The molecule has 18 heavy (non-hydrogen) atoms. The van der Waals surface area contributed by atoms with Crippen molar-refractivity contribution in [3.05, 3.63) is 23.8 Å². The van der Waals surface area contributed by atoms with E-state index < -0.39 is 17.6 Å². The molecule has 0 aliphatic rings. The van der Waals surface area contributed by atoms with Gasteiger partial charge >= 0.3 is 6.18 Å². The summed E-state index contributed by atoms with van der Waals surface area (Å²) in [6.07, 6.45) is -4.62. The number of ether oxygens (including phenoxy) is 1. The third kappa shape index (κ3) is 3.80. The molecule has 0 fully saturated rings. The lowest BCUT2D eigenvalue weighted by Crippen LogP contribution is -2.16. The molecule has 1 aromatic rings. The Morgan fingerprint density at radius 2 is 2.11 bits per heavy atom. The summed E-state index contributed by atoms with van der Waals surface area (Å²) in [5, 5.41) is 2.17. The van der Waals surface area contributed by atoms with Crippen LogP contribution in [0.3, 0.4) is 0 Å². The van der Waals surface area contributed by atoms with Crippen LogP contribution in [0.2, 0.25) is 0 Å². The molecule has 3 nitrogen and oxygen atoms in total. The van der Waals surface area contributed by atoms with Gasteiger partial charge in [-0.1, -0.05) is 0 Å². The number of methoxy groups -OCH3 is 1. The maximum atomic E-state index is 12.8. The predicted molar refractivity (Wildman–Crippen MR) is 62.0 cm³/mol. The lowest BCUT2D eigenvalue weighted by molar-refractivity contribution is -0.137. The van der Waals surface area contributed by atoms with Gasteiger partial charge in [0.25, 0.3) is 0 Å². The van der Waals surface area contributed by atoms with E-state index in [9.17, 15) is 18.0 Å². The Morgan fingerprint density at radius 3 is 2.61 bits per heavy atom. The molecule has 1 aromatic carbocycles. The highest BCUT2D eigenvalue weighted by molar-refractivity contribution is 6.19. The van der Waals surface area contributed by atoms with Gasteiger partial charge in [-0.15, -0.1) is 11.6 Å². The van der Waals surface area contributed by atoms with Crippen LogP contribution in [0.4, 0.5) is 18.9 Å². The average molecular weight is 282 g/mol. The standard InChI is InChI=1S/C11H11ClF3NO2/c1-18-7-2-3-9(16-10(17)4-5-12)8(6-7)11(13,14)15/h2-3,6H,4-5H2,1H3,(H,16,17). The van der Waals surface area contributed by atoms with E-state index in [1.807, 2.05) is 0 Å². The van der Waals surface area contributed by atoms with E-state index >= 15 is 0 Å². The Hall–Kier alpha value is -1.43. The number of hydrogen-bond donors (Lipinski definition) is 1. The van der Waals surface area contributed by atoms with E-state index in [4.69, 9.17) is 16.3 Å². The van der Waals surface area contributed by atoms with Crippen molar-refractivity contribution in [1.82, 2.24) is 0 Å². The molecule has 0 heterocycles. The zero-order valence-corrected chi connectivity index (χ0v) is 10.2. The molecule has 0 aliphatic carbocycles. The van der Waals surface area contributed by atoms with Gasteiger partial charge in [-0.25, -0.2) is 0 Å². The molecule has 7 heteroatoms. The van der Waals surface area contributed by atoms with Gasteiger partial charge in [0.2, 0.25) is 5.91 Å². The minimum Gasteiger partial charge on any atom is -0.497 e. The molecule has 0 unspecified atom stereocenters. The van der Waals surface area contributed by atoms with Gasteiger partial charge in [-0.2, -0.15) is 13.2 Å². The van der Waals surface area contributed by atoms with Gasteiger partial charge in [-0.05, 0) is 18.2 Å². The summed E-state index contributed by atoms with van der Waals surface area (Å²) in [6, 6.07) is 3.32. The lowest BCUT2D eigenvalue weighted by Gasteiger charge is -2.14. The van der Waals surface area contributed by atoms with Crippen molar-refractivity contribution in [3.8, 4) is 5.75 Å². The van der Waals surface area contributed by atoms with Gasteiger partial charge < -0.3 is 10.1 Å². The molecule has 100 valence electrons. The summed E-state index contributed by atoms with van der Waals surface area (Å²) in [5.74, 6) is -0.457. The van der Waals surface area contributed by atoms with Crippen LogP contribution in [0.1, 0.15) is 12.0 Å². The topological polar surface area (TPSA) is 38.3 Å². The van der Waals surface area contributed by atoms with Gasteiger partial charge in [0.15, 0.2) is 0 Å². The molecule has 0 spiro atoms. The minimum atomic E-state index is -4.57. The first-order valence-electron chi connectivity index (χ1n) is 4.99. The van der Waals surface area contributed by atoms with Crippen molar-refractivity contribution in [3.63, 3.8) is 0 Å². The first-order chi connectivity index (χ1) is 8.38. The zero-order chi connectivity index (χ0) is 13.8. The van der Waals surface area contributed by atoms with Crippen LogP contribution in [0.15, 0.2) is 18.2 Å². The van der Waals surface area contributed by atoms with Crippen LogP contribution in [0, 0.1) is 0 Å². The van der Waals surface area contributed by atoms with E-state index in [-0.39, 0.29) is 23.7 Å². The van der Waals surface area contributed by atoms with Crippen LogP contribution >= 0.6 is 11.6 Å². The van der Waals surface area contributed by atoms with Crippen molar-refractivity contribution >= 4 is 23.2 Å². The number of hydrogen-bond acceptors (Lipinski definition) is 2. The summed E-state index contributed by atoms with van der Waals surface area (Å²) in [6.45, 7) is 0. The van der Waals surface area contributed by atoms with E-state index in [0.29, 0.717) is 0 Å². The largest absolute Gasteiger partial charge is 0.497 e. The molecule has 0 atom stereocenters. The highest BCUT2D eigenvalue weighted by Crippen LogP contribution is 2.37. The molecule has 0 aromatic heterocycles. The fraction of sp³-hybridized carbons (Fsp3) is 0.364. The maximum absolute atomic E-state index is 12.8. The van der Waals surface area contributed by atoms with Crippen molar-refractivity contribution in [2.75, 3.05) is 18.3 Å². The van der Waals surface area contributed by atoms with Crippen molar-refractivity contribution in [2.24, 2.45) is 0 Å². The molecule has 0 radical (unpaired) electrons. The lowest BCUT2D eigenvalue weighted by atomic mass is 10.1. The normalized spacial score (nSPS) is 11.2. The number of amides is 1. The summed E-state index contributed by atoms with van der Waals surface area (Å²) in [4.78, 5) is 11.3. The Bertz CT molecular complexity index is 435. The number of rotatable bonds is 4. The highest BCUT2D eigenvalue weighted by atomic mass is 35.5. The quantitative estimate of drug-likeness (QED) is 0.860. The summed E-state index contributed by atoms with van der Waals surface area (Å²) < 4.78 is 43.0. The first-order valence-corrected chi connectivity index (χ1v) is 5.53. The molecular weight excluding hydrogens is 271 g/mol. The number of nitrogens with one attached hydrogen (secondary N) is 1. The van der Waals surface area contributed by atoms with E-state index in [0.717, 1.165) is 12.1 Å². The summed E-state index contributed by atoms with van der Waals surface area (Å²) >= 11 is 5.34. The fourth-order valence-electron chi connectivity index (χ4n) is 1.29. The van der Waals surface area contributed by atoms with E-state index in [1.165, 1.54) is 13.2 Å². The fourth-order valence-corrected chi connectivity index (χ4v) is 1.46. The average Bonchev–Trinajstić information content (AvgIpc) is 2.28. The van der Waals surface area contributed by atoms with E-state index in [2.05, 4.69) is 5.32 Å². The maximum Gasteiger partial charge on any atom is 0.418 e. The molecule has 1 amide bonds. The van der Waals surface area contributed by atoms with Gasteiger partial charge in [0.05, 0.1) is 18.4 Å². The molecule has 1 N–H and O–H groups in total. The highest BCUT2D eigenvalue weighted by Gasteiger charge is 2.34. The van der Waals surface area contributed by atoms with Crippen LogP contribution in [0.25, 0.3) is 0 Å². The number of benzene rings is 1. The van der Waals surface area contributed by atoms with Crippen LogP contribution in [0.5, 0.6) is 5.75 Å². The van der Waals surface area contributed by atoms with Crippen LogP contribution in [-0.4, -0.2) is 18.9 Å². The van der Waals surface area contributed by atoms with Gasteiger partial charge in [0.1, 0.15) is 5.75 Å². The second-order valence-corrected chi connectivity index (χ2v) is 3.77. The van der Waals surface area contributed by atoms with Crippen LogP contribution < -0.4 is 10.1 Å². The molecule has 0 saturated carbocycles. The number of halogens is 4. The number of carbonyl (C=O) groups is 1. The van der Waals surface area contributed by atoms with E-state index in [1.54, 1.807) is 0 Å². The van der Waals surface area contributed by atoms with Crippen molar-refractivity contribution in [1.29, 1.82) is 0 Å². The third-order valence-corrected chi connectivity index (χ3v) is 2.32. The summed E-state index contributed by atoms with van der Waals surface area (Å²) in [5.41, 5.74) is -1.26. The Balaban J connectivity index is 3.07. The number of anilines is 1. The van der Waals surface area contributed by atoms with Gasteiger partial charge in [0, 0.05) is 12.3 Å². The Morgan fingerprint density at radius 1 is 1.44 bits per heavy atom. The van der Waals surface area contributed by atoms with Crippen LogP contribution in [-0.2, 0) is 11.0 Å². The second kappa shape index (κ2) is 5.95. The Kier molecular flexibility index (Phi) is 4.84. The minimum absolute atomic E-state index is 0.0450. The smallest absolute Gasteiger partial charge is 0.418 e. The number of alkyl halides is 4. The van der Waals surface area contributed by atoms with Crippen molar-refractivity contribution in [2.45, 2.75) is 12.6 Å². The molecular formula is C11H11ClF3NO2. The monoisotopic (exact) mass is 281 g/mol. The molecule has 0 bridgehead atoms. The third-order valence-electron chi connectivity index (χ3n) is 2.13. The SMILES string of the molecule is COc1ccc(NC(=O)CCCl)c(C(F)(F)F)c1.